The first kappa shape index (κ1) is 18.2. The van der Waals surface area contributed by atoms with Crippen LogP contribution in [0.1, 0.15) is 45.1 Å². The van der Waals surface area contributed by atoms with Crippen molar-refractivity contribution in [1.29, 1.82) is 0 Å². The number of nitrogens with zero attached hydrogens (tertiary/aromatic N) is 3. The van der Waals surface area contributed by atoms with Gasteiger partial charge in [-0.15, -0.1) is 11.3 Å². The maximum Gasteiger partial charge on any atom is 0.127 e. The lowest BCUT2D eigenvalue weighted by Crippen LogP contribution is -2.64. The van der Waals surface area contributed by atoms with Crippen molar-refractivity contribution in [2.45, 2.75) is 60.0 Å². The van der Waals surface area contributed by atoms with Crippen LogP contribution in [0.3, 0.4) is 0 Å². The molecule has 28 heavy (non-hydrogen) atoms. The van der Waals surface area contributed by atoms with E-state index in [1.54, 1.807) is 11.3 Å². The quantitative estimate of drug-likeness (QED) is 0.833. The molecule has 0 aliphatic carbocycles. The molecule has 2 aromatic rings. The van der Waals surface area contributed by atoms with E-state index in [1.165, 1.54) is 11.1 Å². The number of likely N-dealkylation sites (N-methyl/N-ethyl adjacent to an activating group) is 1. The monoisotopic (exact) mass is 397 g/mol. The van der Waals surface area contributed by atoms with Crippen LogP contribution in [0.15, 0.2) is 23.2 Å². The van der Waals surface area contributed by atoms with E-state index in [2.05, 4.69) is 68.8 Å². The molecule has 4 rings (SSSR count). The largest absolute Gasteiger partial charge is 0.350 e. The van der Waals surface area contributed by atoms with E-state index in [4.69, 9.17) is 6.36 Å². The zero-order chi connectivity index (χ0) is 21.1. The van der Waals surface area contributed by atoms with E-state index in [0.717, 1.165) is 51.6 Å². The number of anilines is 1. The van der Waals surface area contributed by atoms with E-state index >= 15 is 0 Å². The van der Waals surface area contributed by atoms with Gasteiger partial charge >= 0.3 is 0 Å². The summed E-state index contributed by atoms with van der Waals surface area (Å²) in [6, 6.07) is 5.36. The first-order valence-corrected chi connectivity index (χ1v) is 11.1. The van der Waals surface area contributed by atoms with Crippen molar-refractivity contribution < 1.29 is 1.37 Å². The number of piperazine rings is 1. The number of rotatable bonds is 2. The molecule has 1 fully saturated rings. The van der Waals surface area contributed by atoms with Crippen molar-refractivity contribution in [3.8, 4) is 0 Å². The number of hydrogen-bond donors (Lipinski definition) is 1. The fourth-order valence-corrected chi connectivity index (χ4v) is 5.24. The third kappa shape index (κ3) is 3.05. The van der Waals surface area contributed by atoms with E-state index in [-0.39, 0.29) is 5.54 Å². The Bertz CT molecular complexity index is 1090. The Balaban J connectivity index is 1.96. The van der Waals surface area contributed by atoms with Gasteiger partial charge in [0.25, 0.3) is 0 Å². The lowest BCUT2D eigenvalue weighted by atomic mass is 9.89. The zero-order valence-electron chi connectivity index (χ0n) is 19.1. The Morgan fingerprint density at radius 1 is 1.25 bits per heavy atom. The van der Waals surface area contributed by atoms with Crippen LogP contribution in [0.5, 0.6) is 0 Å². The second-order valence-corrected chi connectivity index (χ2v) is 9.82. The lowest BCUT2D eigenvalue weighted by molar-refractivity contribution is 0.0129. The molecule has 3 heterocycles. The SMILES string of the molecule is [2H]c1c(C)sc2c1=C(N1CCN(CC)C(C)C1(C)C)Nc1cc(C)c(C)cc1N=2. The molecule has 5 heteroatoms. The average Bonchev–Trinajstić information content (AvgIpc) is 2.84. The molecule has 2 aliphatic rings. The molecule has 1 aromatic heterocycles. The zero-order valence-corrected chi connectivity index (χ0v) is 18.9. The summed E-state index contributed by atoms with van der Waals surface area (Å²) >= 11 is 1.63. The molecule has 0 bridgehead atoms. The van der Waals surface area contributed by atoms with Gasteiger partial charge in [0.1, 0.15) is 10.5 Å². The first-order chi connectivity index (χ1) is 13.6. The third-order valence-electron chi connectivity index (χ3n) is 6.64. The Morgan fingerprint density at radius 2 is 1.96 bits per heavy atom. The van der Waals surface area contributed by atoms with Crippen molar-refractivity contribution in [3.63, 3.8) is 0 Å². The second kappa shape index (κ2) is 6.89. The summed E-state index contributed by atoms with van der Waals surface area (Å²) in [5.41, 5.74) is 4.42. The molecule has 0 saturated carbocycles. The van der Waals surface area contributed by atoms with Crippen LogP contribution in [0.4, 0.5) is 11.4 Å². The molecular formula is C23H32N4S. The molecule has 0 amide bonds. The number of benzene rings is 1. The summed E-state index contributed by atoms with van der Waals surface area (Å²) < 4.78 is 9.74. The van der Waals surface area contributed by atoms with Crippen molar-refractivity contribution in [3.05, 3.63) is 44.1 Å². The summed E-state index contributed by atoms with van der Waals surface area (Å²) in [5, 5.41) is 4.68. The Morgan fingerprint density at radius 3 is 2.68 bits per heavy atom. The van der Waals surface area contributed by atoms with Gasteiger partial charge in [-0.3, -0.25) is 4.90 Å². The van der Waals surface area contributed by atoms with Crippen molar-refractivity contribution >= 4 is 28.5 Å². The molecule has 1 unspecified atom stereocenters. The van der Waals surface area contributed by atoms with Crippen LogP contribution >= 0.6 is 11.3 Å². The normalized spacial score (nSPS) is 22.0. The third-order valence-corrected chi connectivity index (χ3v) is 7.54. The number of nitrogens with one attached hydrogen (secondary N) is 1. The summed E-state index contributed by atoms with van der Waals surface area (Å²) in [7, 11) is 0. The van der Waals surface area contributed by atoms with Crippen LogP contribution < -0.4 is 15.2 Å². The highest BCUT2D eigenvalue weighted by Gasteiger charge is 2.41. The molecule has 2 aliphatic heterocycles. The molecule has 1 aromatic carbocycles. The Labute approximate surface area is 174 Å². The molecule has 150 valence electrons. The van der Waals surface area contributed by atoms with Gasteiger partial charge in [-0.2, -0.15) is 0 Å². The van der Waals surface area contributed by atoms with Crippen LogP contribution in [0.25, 0.3) is 5.82 Å². The minimum atomic E-state index is -0.0691. The van der Waals surface area contributed by atoms with Gasteiger partial charge in [0.05, 0.1) is 23.5 Å². The number of fused-ring (bicyclic) bond motifs is 2. The van der Waals surface area contributed by atoms with Gasteiger partial charge in [0.2, 0.25) is 0 Å². The van der Waals surface area contributed by atoms with E-state index in [0.29, 0.717) is 12.1 Å². The molecule has 1 saturated heterocycles. The fourth-order valence-electron chi connectivity index (χ4n) is 4.40. The van der Waals surface area contributed by atoms with Crippen LogP contribution in [-0.2, 0) is 0 Å². The van der Waals surface area contributed by atoms with Gasteiger partial charge < -0.3 is 10.2 Å². The van der Waals surface area contributed by atoms with Gasteiger partial charge in [-0.1, -0.05) is 6.92 Å². The highest BCUT2D eigenvalue weighted by Crippen LogP contribution is 2.35. The first-order valence-electron chi connectivity index (χ1n) is 10.7. The highest BCUT2D eigenvalue weighted by molar-refractivity contribution is 7.09. The molecule has 0 radical (unpaired) electrons. The molecule has 0 spiro atoms. The molecule has 4 nitrogen and oxygen atoms in total. The minimum Gasteiger partial charge on any atom is -0.350 e. The highest BCUT2D eigenvalue weighted by atomic mass is 32.1. The van der Waals surface area contributed by atoms with E-state index in [1.807, 2.05) is 6.92 Å². The van der Waals surface area contributed by atoms with Gasteiger partial charge in [-0.25, -0.2) is 4.99 Å². The molecule has 1 N–H and O–H groups in total. The van der Waals surface area contributed by atoms with Crippen LogP contribution in [0, 0.1) is 20.8 Å². The summed E-state index contributed by atoms with van der Waals surface area (Å²) in [4.78, 5) is 11.0. The average molecular weight is 398 g/mol. The fraction of sp³-hybridized carbons (Fsp3) is 0.522. The number of aryl methyl sites for hydroxylation is 3. The number of hydrogen-bond acceptors (Lipinski definition) is 5. The maximum atomic E-state index is 8.80. The van der Waals surface area contributed by atoms with E-state index in [9.17, 15) is 0 Å². The van der Waals surface area contributed by atoms with Crippen LogP contribution in [0.2, 0.25) is 0 Å². The van der Waals surface area contributed by atoms with Crippen LogP contribution in [-0.4, -0.2) is 41.0 Å². The van der Waals surface area contributed by atoms with Gasteiger partial charge in [-0.05, 0) is 77.4 Å². The second-order valence-electron chi connectivity index (χ2n) is 8.61. The topological polar surface area (TPSA) is 30.9 Å². The predicted octanol–water partition coefficient (Wildman–Crippen LogP) is 3.92. The predicted molar refractivity (Wildman–Crippen MR) is 120 cm³/mol. The Kier molecular flexibility index (Phi) is 4.48. The van der Waals surface area contributed by atoms with E-state index < -0.39 is 0 Å². The summed E-state index contributed by atoms with van der Waals surface area (Å²) in [6.45, 7) is 18.5. The summed E-state index contributed by atoms with van der Waals surface area (Å²) in [6.07, 6.45) is 0. The van der Waals surface area contributed by atoms with Gasteiger partial charge in [0.15, 0.2) is 0 Å². The lowest BCUT2D eigenvalue weighted by Gasteiger charge is -2.53. The van der Waals surface area contributed by atoms with Crippen molar-refractivity contribution in [2.24, 2.45) is 4.99 Å². The molecule has 1 atom stereocenters. The Hall–Kier alpha value is -1.85. The minimum absolute atomic E-state index is 0.0691. The summed E-state index contributed by atoms with van der Waals surface area (Å²) in [5.74, 6) is 1.03. The standard InChI is InChI=1S/C23H32N4S/c1-8-26-9-10-27(23(6,7)17(26)5)21-18-13-16(4)28-22(18)25-20-12-15(3)14(2)11-19(20)24-21/h11-13,17,24H,8-10H2,1-7H3/i13D. The maximum absolute atomic E-state index is 8.80. The molecular weight excluding hydrogens is 364 g/mol. The van der Waals surface area contributed by atoms with Crippen molar-refractivity contribution in [2.75, 3.05) is 25.0 Å². The number of thiophene rings is 1. The van der Waals surface area contributed by atoms with Crippen molar-refractivity contribution in [1.82, 2.24) is 9.80 Å². The smallest absolute Gasteiger partial charge is 0.127 e. The van der Waals surface area contributed by atoms with Gasteiger partial charge in [0, 0.05) is 24.0 Å².